The molecule has 0 bridgehead atoms. The number of nitrogens with zero attached hydrogens (tertiary/aromatic N) is 1. The van der Waals surface area contributed by atoms with Gasteiger partial charge in [-0.3, -0.25) is 9.59 Å². The Morgan fingerprint density at radius 1 is 1.09 bits per heavy atom. The highest BCUT2D eigenvalue weighted by atomic mass is 79.9. The molecule has 0 spiro atoms. The minimum absolute atomic E-state index is 0.279. The molecule has 0 aromatic heterocycles. The summed E-state index contributed by atoms with van der Waals surface area (Å²) in [6.45, 7) is 0. The molecule has 0 saturated carbocycles. The van der Waals surface area contributed by atoms with Crippen LogP contribution in [0.15, 0.2) is 53.0 Å². The highest BCUT2D eigenvalue weighted by Crippen LogP contribution is 2.33. The van der Waals surface area contributed by atoms with Crippen LogP contribution in [0.5, 0.6) is 5.75 Å². The fourth-order valence-electron chi connectivity index (χ4n) is 2.16. The molecule has 1 aliphatic rings. The predicted molar refractivity (Wildman–Crippen MR) is 95.0 cm³/mol. The van der Waals surface area contributed by atoms with Gasteiger partial charge in [-0.25, -0.2) is 4.90 Å². The lowest BCUT2D eigenvalue weighted by atomic mass is 10.3. The fourth-order valence-corrected chi connectivity index (χ4v) is 3.33. The van der Waals surface area contributed by atoms with Gasteiger partial charge in [0.2, 0.25) is 0 Å². The molecule has 1 atom stereocenters. The standard InChI is InChI=1S/C16H13BrN2O3S/c1-22-13-8-4-11(5-9-13)18-14-15(20)19(16(21)23-14)12-6-2-10(17)3-7-12/h2-9,14,18H,1H3/t14-/m1/s1. The van der Waals surface area contributed by atoms with Crippen molar-refractivity contribution in [3.63, 3.8) is 0 Å². The van der Waals surface area contributed by atoms with Crippen molar-refractivity contribution in [1.29, 1.82) is 0 Å². The molecule has 2 aromatic rings. The second-order valence-corrected chi connectivity index (χ2v) is 6.76. The van der Waals surface area contributed by atoms with Crippen LogP contribution >= 0.6 is 27.7 Å². The quantitative estimate of drug-likeness (QED) is 0.848. The topological polar surface area (TPSA) is 58.6 Å². The van der Waals surface area contributed by atoms with Crippen LogP contribution in [-0.4, -0.2) is 23.6 Å². The van der Waals surface area contributed by atoms with Crippen molar-refractivity contribution in [2.24, 2.45) is 0 Å². The number of hydrogen-bond donors (Lipinski definition) is 1. The summed E-state index contributed by atoms with van der Waals surface area (Å²) in [6, 6.07) is 14.3. The van der Waals surface area contributed by atoms with E-state index in [0.29, 0.717) is 5.69 Å². The lowest BCUT2D eigenvalue weighted by molar-refractivity contribution is -0.116. The summed E-state index contributed by atoms with van der Waals surface area (Å²) in [7, 11) is 1.59. The molecule has 2 amide bonds. The average molecular weight is 393 g/mol. The Labute approximate surface area is 146 Å². The van der Waals surface area contributed by atoms with E-state index in [2.05, 4.69) is 21.2 Å². The molecule has 1 N–H and O–H groups in total. The van der Waals surface area contributed by atoms with Crippen LogP contribution in [0.4, 0.5) is 16.2 Å². The van der Waals surface area contributed by atoms with Crippen LogP contribution in [-0.2, 0) is 4.79 Å². The first-order valence-corrected chi connectivity index (χ1v) is 8.46. The van der Waals surface area contributed by atoms with Gasteiger partial charge in [-0.05, 0) is 60.3 Å². The first kappa shape index (κ1) is 15.9. The third-order valence-electron chi connectivity index (χ3n) is 3.32. The number of carbonyl (C=O) groups is 2. The van der Waals surface area contributed by atoms with Crippen LogP contribution in [0.25, 0.3) is 0 Å². The van der Waals surface area contributed by atoms with E-state index >= 15 is 0 Å². The number of amides is 2. The lowest BCUT2D eigenvalue weighted by Crippen LogP contribution is -2.34. The average Bonchev–Trinajstić information content (AvgIpc) is 2.83. The molecule has 0 unspecified atom stereocenters. The number of nitrogens with one attached hydrogen (secondary N) is 1. The summed E-state index contributed by atoms with van der Waals surface area (Å²) in [4.78, 5) is 25.9. The number of anilines is 2. The maximum atomic E-state index is 12.5. The third-order valence-corrected chi connectivity index (χ3v) is 4.79. The van der Waals surface area contributed by atoms with E-state index < -0.39 is 5.37 Å². The summed E-state index contributed by atoms with van der Waals surface area (Å²) in [5, 5.41) is 2.14. The van der Waals surface area contributed by atoms with E-state index in [1.807, 2.05) is 0 Å². The lowest BCUT2D eigenvalue weighted by Gasteiger charge is -2.15. The number of ether oxygens (including phenoxy) is 1. The van der Waals surface area contributed by atoms with E-state index in [0.717, 1.165) is 27.7 Å². The van der Waals surface area contributed by atoms with E-state index in [1.165, 1.54) is 4.90 Å². The Balaban J connectivity index is 1.76. The molecule has 3 rings (SSSR count). The van der Waals surface area contributed by atoms with Gasteiger partial charge in [-0.2, -0.15) is 0 Å². The molecule has 2 aromatic carbocycles. The molecule has 1 fully saturated rings. The second kappa shape index (κ2) is 6.64. The van der Waals surface area contributed by atoms with Gasteiger partial charge in [0.15, 0.2) is 5.37 Å². The van der Waals surface area contributed by atoms with Crippen molar-refractivity contribution in [3.8, 4) is 5.75 Å². The van der Waals surface area contributed by atoms with Crippen molar-refractivity contribution in [2.45, 2.75) is 5.37 Å². The maximum Gasteiger partial charge on any atom is 0.295 e. The van der Waals surface area contributed by atoms with Crippen LogP contribution in [0.1, 0.15) is 0 Å². The fraction of sp³-hybridized carbons (Fsp3) is 0.125. The van der Waals surface area contributed by atoms with Gasteiger partial charge in [0, 0.05) is 10.2 Å². The molecular weight excluding hydrogens is 380 g/mol. The number of halogens is 1. The first-order chi connectivity index (χ1) is 11.1. The number of thioether (sulfide) groups is 1. The minimum Gasteiger partial charge on any atom is -0.497 e. The number of benzene rings is 2. The number of imide groups is 1. The van der Waals surface area contributed by atoms with Crippen molar-refractivity contribution >= 4 is 50.2 Å². The van der Waals surface area contributed by atoms with Gasteiger partial charge in [0.1, 0.15) is 5.75 Å². The number of carbonyl (C=O) groups excluding carboxylic acids is 2. The zero-order valence-corrected chi connectivity index (χ0v) is 14.6. The highest BCUT2D eigenvalue weighted by Gasteiger charge is 2.40. The largest absolute Gasteiger partial charge is 0.497 e. The third kappa shape index (κ3) is 3.35. The van der Waals surface area contributed by atoms with Crippen molar-refractivity contribution < 1.29 is 14.3 Å². The summed E-state index contributed by atoms with van der Waals surface area (Å²) in [6.07, 6.45) is 0. The molecule has 7 heteroatoms. The maximum absolute atomic E-state index is 12.5. The first-order valence-electron chi connectivity index (χ1n) is 6.79. The Morgan fingerprint density at radius 2 is 1.74 bits per heavy atom. The van der Waals surface area contributed by atoms with Crippen molar-refractivity contribution in [2.75, 3.05) is 17.3 Å². The Hall–Kier alpha value is -1.99. The van der Waals surface area contributed by atoms with Gasteiger partial charge in [-0.15, -0.1) is 0 Å². The van der Waals surface area contributed by atoms with E-state index in [-0.39, 0.29) is 11.1 Å². The zero-order chi connectivity index (χ0) is 16.4. The molecular formula is C16H13BrN2O3S. The highest BCUT2D eigenvalue weighted by molar-refractivity contribution is 9.10. The summed E-state index contributed by atoms with van der Waals surface area (Å²) >= 11 is 4.30. The zero-order valence-electron chi connectivity index (χ0n) is 12.2. The molecule has 23 heavy (non-hydrogen) atoms. The van der Waals surface area contributed by atoms with Crippen LogP contribution < -0.4 is 15.0 Å². The minimum atomic E-state index is -0.639. The Morgan fingerprint density at radius 3 is 2.35 bits per heavy atom. The molecule has 0 aliphatic carbocycles. The molecule has 1 heterocycles. The van der Waals surface area contributed by atoms with Crippen molar-refractivity contribution in [1.82, 2.24) is 0 Å². The second-order valence-electron chi connectivity index (χ2n) is 4.79. The van der Waals surface area contributed by atoms with Gasteiger partial charge >= 0.3 is 0 Å². The van der Waals surface area contributed by atoms with E-state index in [4.69, 9.17) is 4.74 Å². The normalized spacial score (nSPS) is 17.5. The molecule has 0 radical (unpaired) electrons. The van der Waals surface area contributed by atoms with E-state index in [9.17, 15) is 9.59 Å². The van der Waals surface area contributed by atoms with Gasteiger partial charge < -0.3 is 10.1 Å². The van der Waals surface area contributed by atoms with Crippen LogP contribution in [0, 0.1) is 0 Å². The van der Waals surface area contributed by atoms with Gasteiger partial charge in [-0.1, -0.05) is 15.9 Å². The van der Waals surface area contributed by atoms with Gasteiger partial charge in [0.25, 0.3) is 11.1 Å². The Bertz CT molecular complexity index is 734. The monoisotopic (exact) mass is 392 g/mol. The SMILES string of the molecule is COc1ccc(N[C@@H]2SC(=O)N(c3ccc(Br)cc3)C2=O)cc1. The predicted octanol–water partition coefficient (Wildman–Crippen LogP) is 4.10. The molecule has 1 saturated heterocycles. The van der Waals surface area contributed by atoms with Crippen LogP contribution in [0.2, 0.25) is 0 Å². The molecule has 5 nitrogen and oxygen atoms in total. The molecule has 1 aliphatic heterocycles. The summed E-state index contributed by atoms with van der Waals surface area (Å²) < 4.78 is 5.99. The van der Waals surface area contributed by atoms with Gasteiger partial charge in [0.05, 0.1) is 12.8 Å². The smallest absolute Gasteiger partial charge is 0.295 e. The van der Waals surface area contributed by atoms with Crippen molar-refractivity contribution in [3.05, 3.63) is 53.0 Å². The number of methoxy groups -OCH3 is 1. The summed E-state index contributed by atoms with van der Waals surface area (Å²) in [5.41, 5.74) is 1.32. The number of rotatable bonds is 4. The van der Waals surface area contributed by atoms with E-state index in [1.54, 1.807) is 55.6 Å². The Kier molecular flexibility index (Phi) is 4.58. The van der Waals surface area contributed by atoms with Crippen LogP contribution in [0.3, 0.4) is 0 Å². The summed E-state index contributed by atoms with van der Waals surface area (Å²) in [5.74, 6) is 0.451. The molecule has 118 valence electrons. The number of hydrogen-bond acceptors (Lipinski definition) is 5.